The van der Waals surface area contributed by atoms with E-state index in [0.717, 1.165) is 0 Å². The number of hydrogen-bond donors (Lipinski definition) is 0. The van der Waals surface area contributed by atoms with Crippen molar-refractivity contribution in [3.63, 3.8) is 0 Å². The third-order valence-corrected chi connectivity index (χ3v) is 0. The summed E-state index contributed by atoms with van der Waals surface area (Å²) in [5, 5.41) is 27.1. The van der Waals surface area contributed by atoms with Gasteiger partial charge in [-0.05, 0) is 24.3 Å². The third-order valence-electron chi connectivity index (χ3n) is 0. The van der Waals surface area contributed by atoms with E-state index in [4.69, 9.17) is 40.8 Å². The van der Waals surface area contributed by atoms with Crippen LogP contribution in [-0.4, -0.2) is 24.3 Å². The predicted octanol–water partition coefficient (Wildman–Crippen LogP) is -3.43. The Balaban J connectivity index is -0.0000000145. The minimum atomic E-state index is 0. The van der Waals surface area contributed by atoms with Gasteiger partial charge in [0.25, 0.3) is 0 Å². The second-order valence-electron chi connectivity index (χ2n) is 0.365. The van der Waals surface area contributed by atoms with Crippen LogP contribution in [-0.2, 0) is 36.2 Å². The van der Waals surface area contributed by atoms with Gasteiger partial charge in [0.1, 0.15) is 0 Å². The van der Waals surface area contributed by atoms with Crippen LogP contribution in [0.4, 0.5) is 0 Å². The van der Waals surface area contributed by atoms with Crippen molar-refractivity contribution in [2.24, 2.45) is 0 Å². The molecule has 10 heteroatoms. The molecule has 0 unspecified atom stereocenters. The zero-order chi connectivity index (χ0) is 10.8. The van der Waals surface area contributed by atoms with Gasteiger partial charge in [0.05, 0.1) is 0 Å². The van der Waals surface area contributed by atoms with Crippen LogP contribution in [0.1, 0.15) is 0 Å². The summed E-state index contributed by atoms with van der Waals surface area (Å²) in [6.07, 6.45) is 2.00. The molecule has 0 aliphatic carbocycles. The maximum atomic E-state index is 8.24. The van der Waals surface area contributed by atoms with Crippen LogP contribution in [0, 0.1) is 0 Å². The van der Waals surface area contributed by atoms with Gasteiger partial charge in [0.15, 0.2) is 0 Å². The Bertz CT molecular complexity index is 161. The van der Waals surface area contributed by atoms with Gasteiger partial charge in [-0.25, -0.2) is 0 Å². The van der Waals surface area contributed by atoms with Crippen molar-refractivity contribution in [2.45, 2.75) is 0 Å². The quantitative estimate of drug-likeness (QED) is 0.253. The molecular weight excluding hydrogens is 263 g/mol. The van der Waals surface area contributed by atoms with Crippen molar-refractivity contribution in [3.8, 4) is 0 Å². The second kappa shape index (κ2) is 128. The Hall–Kier alpha value is -0.324. The predicted molar refractivity (Wildman–Crippen MR) is 36.2 cm³/mol. The maximum Gasteiger partial charge on any atom is 3.00 e. The minimum Gasteiger partial charge on any atom is -0.724 e. The van der Waals surface area contributed by atoms with Gasteiger partial charge in [-0.1, -0.05) is 0 Å². The van der Waals surface area contributed by atoms with E-state index in [0.29, 0.717) is 24.3 Å². The van der Waals surface area contributed by atoms with Gasteiger partial charge >= 0.3 is 68.5 Å². The van der Waals surface area contributed by atoms with Gasteiger partial charge < -0.3 is 21.6 Å². The summed E-state index contributed by atoms with van der Waals surface area (Å²) >= 11 is 0. The van der Waals surface area contributed by atoms with Crippen molar-refractivity contribution in [1.29, 1.82) is 0 Å². The fourth-order valence-electron chi connectivity index (χ4n) is 0. The Morgan fingerprint density at radius 3 is 0.571 bits per heavy atom. The summed E-state index contributed by atoms with van der Waals surface area (Å²) in [6, 6.07) is 0. The van der Waals surface area contributed by atoms with Crippen LogP contribution in [0.15, 0.2) is 0 Å². The summed E-state index contributed by atoms with van der Waals surface area (Å²) in [7, 11) is 0. The van der Waals surface area contributed by atoms with Gasteiger partial charge in [0.2, 0.25) is 0 Å². The Labute approximate surface area is 132 Å². The molecule has 0 rings (SSSR count). The van der Waals surface area contributed by atoms with E-state index < -0.39 is 0 Å². The normalized spacial score (nSPS) is 2.29. The SMILES string of the molecule is [Fe+3].[K+].[N-]=C=O.[N-]=C=O.[N-]=C=O.[N-]=C=O. The topological polar surface area (TPSA) is 157 Å². The number of isocyanates is 4. The van der Waals surface area contributed by atoms with Gasteiger partial charge in [-0.15, -0.1) is 0 Å². The maximum absolute atomic E-state index is 8.24. The molecule has 0 aliphatic heterocycles. The first kappa shape index (κ1) is 37.3. The molecule has 0 spiro atoms. The van der Waals surface area contributed by atoms with Gasteiger partial charge in [-0.2, -0.15) is 0 Å². The summed E-state index contributed by atoms with van der Waals surface area (Å²) in [6.45, 7) is 0. The number of hydrogen-bond acceptors (Lipinski definition) is 4. The Kier molecular flexibility index (Phi) is 341. The summed E-state index contributed by atoms with van der Waals surface area (Å²) in [5.74, 6) is 0. The summed E-state index contributed by atoms with van der Waals surface area (Å²) in [4.78, 5) is 32.9. The molecule has 0 aromatic carbocycles. The molecule has 69 valence electrons. The molecule has 1 radical (unpaired) electrons. The fourth-order valence-corrected chi connectivity index (χ4v) is 0. The Morgan fingerprint density at radius 1 is 0.571 bits per heavy atom. The molecule has 0 heterocycles. The van der Waals surface area contributed by atoms with E-state index in [2.05, 4.69) is 0 Å². The molecule has 0 N–H and O–H groups in total. The van der Waals surface area contributed by atoms with Gasteiger partial charge in [0, 0.05) is 0 Å². The molecule has 0 aromatic heterocycles. The average Bonchev–Trinajstić information content (AvgIpc) is 1.92. The van der Waals surface area contributed by atoms with Crippen LogP contribution < -0.4 is 51.4 Å². The van der Waals surface area contributed by atoms with Crippen molar-refractivity contribution >= 4 is 24.3 Å². The third kappa shape index (κ3) is 12700. The van der Waals surface area contributed by atoms with Crippen LogP contribution in [0.25, 0.3) is 21.6 Å². The summed E-state index contributed by atoms with van der Waals surface area (Å²) < 4.78 is 0. The smallest absolute Gasteiger partial charge is 0.724 e. The summed E-state index contributed by atoms with van der Waals surface area (Å²) in [5.41, 5.74) is 0. The second-order valence-corrected chi connectivity index (χ2v) is 0.365. The van der Waals surface area contributed by atoms with E-state index in [-0.39, 0.29) is 68.5 Å². The van der Waals surface area contributed by atoms with Crippen molar-refractivity contribution in [1.82, 2.24) is 0 Å². The number of nitrogens with zero attached hydrogens (tertiary/aromatic N) is 4. The molecular formula is C4FeKN4O4. The molecule has 0 aromatic rings. The van der Waals surface area contributed by atoms with Crippen molar-refractivity contribution < 1.29 is 87.6 Å². The molecule has 0 bridgehead atoms. The molecule has 0 amide bonds. The number of rotatable bonds is 0. The molecule has 0 saturated carbocycles. The van der Waals surface area contributed by atoms with E-state index in [1.54, 1.807) is 0 Å². The molecule has 0 atom stereocenters. The fraction of sp³-hybridized carbons (Fsp3) is 0. The molecule has 0 aliphatic rings. The molecule has 0 saturated heterocycles. The largest absolute Gasteiger partial charge is 3.00 e. The van der Waals surface area contributed by atoms with Gasteiger partial charge in [-0.3, -0.25) is 19.2 Å². The number of carbonyl (C=O) groups excluding carboxylic acids is 4. The molecule has 0 fully saturated rings. The van der Waals surface area contributed by atoms with Crippen LogP contribution in [0.3, 0.4) is 0 Å². The minimum absolute atomic E-state index is 0. The van der Waals surface area contributed by atoms with E-state index in [1.165, 1.54) is 0 Å². The van der Waals surface area contributed by atoms with E-state index in [9.17, 15) is 0 Å². The zero-order valence-electron chi connectivity index (χ0n) is 6.78. The van der Waals surface area contributed by atoms with E-state index in [1.807, 2.05) is 0 Å². The van der Waals surface area contributed by atoms with Crippen LogP contribution >= 0.6 is 0 Å². The molecule has 14 heavy (non-hydrogen) atoms. The Morgan fingerprint density at radius 2 is 0.571 bits per heavy atom. The zero-order valence-corrected chi connectivity index (χ0v) is 11.0. The standard InChI is InChI=1S/4CNO.Fe.K/c4*2-1-3;;/q4*-1;+3;+1. The van der Waals surface area contributed by atoms with Crippen LogP contribution in [0.2, 0.25) is 0 Å². The van der Waals surface area contributed by atoms with Crippen molar-refractivity contribution in [2.75, 3.05) is 0 Å². The first-order valence-electron chi connectivity index (χ1n) is 1.71. The van der Waals surface area contributed by atoms with Crippen LogP contribution in [0.5, 0.6) is 0 Å². The average molecular weight is 263 g/mol. The van der Waals surface area contributed by atoms with Crippen molar-refractivity contribution in [3.05, 3.63) is 21.6 Å². The molecule has 8 nitrogen and oxygen atoms in total. The monoisotopic (exact) mass is 263 g/mol. The van der Waals surface area contributed by atoms with E-state index >= 15 is 0 Å². The first-order chi connectivity index (χ1) is 5.66. The first-order valence-corrected chi connectivity index (χ1v) is 1.71.